The smallest absolute Gasteiger partial charge is 0.000718 e. The Morgan fingerprint density at radius 1 is 0.286 bits per heavy atom. The van der Waals surface area contributed by atoms with E-state index in [9.17, 15) is 0 Å². The van der Waals surface area contributed by atoms with Gasteiger partial charge >= 0.3 is 0 Å². The lowest BCUT2D eigenvalue weighted by Crippen LogP contribution is -1.88. The van der Waals surface area contributed by atoms with Crippen LogP contribution in [0.5, 0.6) is 0 Å². The number of aryl methyl sites for hydroxylation is 4. The molecule has 9 aromatic rings. The SMILES string of the molecule is Cc1ccc(-c2c3c4cccc5c(C)ccc(c3c(-c3ccc(C)cc3)c3c6cccc7c(C)ccc(c23)c76)c54)cc1. The van der Waals surface area contributed by atoms with Crippen LogP contribution in [-0.2, 0) is 0 Å². The van der Waals surface area contributed by atoms with Crippen molar-refractivity contribution in [3.63, 3.8) is 0 Å². The Balaban J connectivity index is 1.69. The molecule has 0 heteroatoms. The largest absolute Gasteiger partial charge is 0.0610 e. The Morgan fingerprint density at radius 3 is 1.00 bits per heavy atom. The maximum Gasteiger partial charge on any atom is -0.000718 e. The molecule has 0 aliphatic heterocycles. The number of hydrogen-bond acceptors (Lipinski definition) is 0. The summed E-state index contributed by atoms with van der Waals surface area (Å²) in [5.74, 6) is 0. The van der Waals surface area contributed by atoms with E-state index in [0.29, 0.717) is 0 Å². The highest BCUT2D eigenvalue weighted by molar-refractivity contribution is 6.46. The fraction of sp³-hybridized carbons (Fsp3) is 0.0952. The lowest BCUT2D eigenvalue weighted by Gasteiger charge is -2.16. The maximum absolute atomic E-state index is 2.38. The van der Waals surface area contributed by atoms with Crippen LogP contribution in [0.4, 0.5) is 0 Å². The summed E-state index contributed by atoms with van der Waals surface area (Å²) in [5, 5.41) is 16.4. The van der Waals surface area contributed by atoms with Gasteiger partial charge in [0.15, 0.2) is 0 Å². The van der Waals surface area contributed by atoms with Crippen molar-refractivity contribution in [3.8, 4) is 22.3 Å². The zero-order valence-corrected chi connectivity index (χ0v) is 24.4. The molecule has 0 spiro atoms. The Bertz CT molecular complexity index is 2270. The van der Waals surface area contributed by atoms with Crippen LogP contribution >= 0.6 is 0 Å². The van der Waals surface area contributed by atoms with Gasteiger partial charge in [0.25, 0.3) is 0 Å². The van der Waals surface area contributed by atoms with Gasteiger partial charge in [-0.05, 0) is 126 Å². The molecule has 0 aliphatic rings. The molecule has 0 radical (unpaired) electrons. The van der Waals surface area contributed by atoms with Gasteiger partial charge < -0.3 is 0 Å². The third-order valence-corrected chi connectivity index (χ3v) is 9.78. The number of hydrogen-bond donors (Lipinski definition) is 0. The summed E-state index contributed by atoms with van der Waals surface area (Å²) in [6.45, 7) is 8.84. The highest BCUT2D eigenvalue weighted by atomic mass is 14.3. The molecule has 0 fully saturated rings. The van der Waals surface area contributed by atoms with Crippen molar-refractivity contribution in [2.24, 2.45) is 0 Å². The molecule has 0 aliphatic carbocycles. The zero-order valence-electron chi connectivity index (χ0n) is 24.4. The Hall–Kier alpha value is -4.94. The van der Waals surface area contributed by atoms with Crippen LogP contribution < -0.4 is 0 Å². The minimum absolute atomic E-state index is 1.28. The van der Waals surface area contributed by atoms with Crippen molar-refractivity contribution in [1.82, 2.24) is 0 Å². The van der Waals surface area contributed by atoms with Crippen molar-refractivity contribution < 1.29 is 0 Å². The fourth-order valence-corrected chi connectivity index (χ4v) is 7.78. The minimum Gasteiger partial charge on any atom is -0.0610 e. The molecule has 42 heavy (non-hydrogen) atoms. The van der Waals surface area contributed by atoms with Gasteiger partial charge in [-0.25, -0.2) is 0 Å². The molecule has 0 unspecified atom stereocenters. The van der Waals surface area contributed by atoms with Crippen molar-refractivity contribution in [3.05, 3.63) is 131 Å². The molecule has 0 saturated carbocycles. The van der Waals surface area contributed by atoms with Crippen molar-refractivity contribution >= 4 is 64.6 Å². The van der Waals surface area contributed by atoms with Crippen LogP contribution in [0.15, 0.2) is 109 Å². The number of benzene rings is 7. The van der Waals surface area contributed by atoms with E-state index in [4.69, 9.17) is 0 Å². The maximum atomic E-state index is 2.38. The standard InChI is InChI=1S/C42H30/c1-23-11-17-27(18-12-23)35-39-31-9-5-7-29-26(4)16-22-34(37(29)31)42(39)36(28-19-13-24(2)14-20-28)40-32-10-6-8-30-25(3)15-21-33(38(30)32)41(35)40/h5-22H,1-4H3. The van der Waals surface area contributed by atoms with Gasteiger partial charge in [-0.2, -0.15) is 0 Å². The minimum atomic E-state index is 1.28. The first kappa shape index (κ1) is 23.7. The average Bonchev–Trinajstić information content (AvgIpc) is 3.52. The molecule has 0 atom stereocenters. The topological polar surface area (TPSA) is 0 Å². The Kier molecular flexibility index (Phi) is 4.69. The lowest BCUT2D eigenvalue weighted by molar-refractivity contribution is 1.47. The quantitative estimate of drug-likeness (QED) is 0.207. The van der Waals surface area contributed by atoms with Crippen LogP contribution in [0.2, 0.25) is 0 Å². The van der Waals surface area contributed by atoms with E-state index in [-0.39, 0.29) is 0 Å². The summed E-state index contributed by atoms with van der Waals surface area (Å²) >= 11 is 0. The molecule has 0 heterocycles. The highest BCUT2D eigenvalue weighted by Gasteiger charge is 2.27. The van der Waals surface area contributed by atoms with Crippen LogP contribution in [0, 0.1) is 27.7 Å². The molecule has 0 bridgehead atoms. The molecule has 9 aromatic carbocycles. The van der Waals surface area contributed by atoms with Gasteiger partial charge in [0.2, 0.25) is 0 Å². The predicted octanol–water partition coefficient (Wildman–Crippen LogP) is 12.0. The van der Waals surface area contributed by atoms with E-state index in [0.717, 1.165) is 0 Å². The fourth-order valence-electron chi connectivity index (χ4n) is 7.78. The summed E-state index contributed by atoms with van der Waals surface area (Å²) in [7, 11) is 0. The van der Waals surface area contributed by atoms with Gasteiger partial charge in [-0.3, -0.25) is 0 Å². The van der Waals surface area contributed by atoms with Crippen LogP contribution in [0.25, 0.3) is 86.9 Å². The molecule has 9 rings (SSSR count). The summed E-state index contributed by atoms with van der Waals surface area (Å²) in [4.78, 5) is 0. The lowest BCUT2D eigenvalue weighted by atomic mass is 9.87. The number of rotatable bonds is 2. The highest BCUT2D eigenvalue weighted by Crippen LogP contribution is 2.55. The van der Waals surface area contributed by atoms with E-state index in [1.807, 2.05) is 0 Å². The van der Waals surface area contributed by atoms with Gasteiger partial charge in [0.05, 0.1) is 0 Å². The second-order valence-electron chi connectivity index (χ2n) is 12.3. The van der Waals surface area contributed by atoms with Gasteiger partial charge in [-0.1, -0.05) is 120 Å². The van der Waals surface area contributed by atoms with Crippen LogP contribution in [0.3, 0.4) is 0 Å². The Morgan fingerprint density at radius 2 is 0.619 bits per heavy atom. The van der Waals surface area contributed by atoms with Crippen LogP contribution in [0.1, 0.15) is 22.3 Å². The molecule has 0 N–H and O–H groups in total. The van der Waals surface area contributed by atoms with E-state index in [1.165, 1.54) is 109 Å². The monoisotopic (exact) mass is 534 g/mol. The molecule has 0 aromatic heterocycles. The molecular weight excluding hydrogens is 504 g/mol. The normalized spacial score (nSPS) is 12.3. The first-order valence-corrected chi connectivity index (χ1v) is 15.0. The van der Waals surface area contributed by atoms with Gasteiger partial charge in [-0.15, -0.1) is 0 Å². The van der Waals surface area contributed by atoms with E-state index in [1.54, 1.807) is 0 Å². The second kappa shape index (κ2) is 8.30. The molecule has 198 valence electrons. The van der Waals surface area contributed by atoms with E-state index >= 15 is 0 Å². The molecule has 0 amide bonds. The van der Waals surface area contributed by atoms with Crippen molar-refractivity contribution in [1.29, 1.82) is 0 Å². The average molecular weight is 535 g/mol. The first-order valence-electron chi connectivity index (χ1n) is 15.0. The predicted molar refractivity (Wildman–Crippen MR) is 184 cm³/mol. The molecule has 0 saturated heterocycles. The Labute approximate surface area is 245 Å². The van der Waals surface area contributed by atoms with E-state index in [2.05, 4.69) is 137 Å². The first-order chi connectivity index (χ1) is 20.5. The van der Waals surface area contributed by atoms with Crippen molar-refractivity contribution in [2.45, 2.75) is 27.7 Å². The third-order valence-electron chi connectivity index (χ3n) is 9.78. The van der Waals surface area contributed by atoms with Crippen LogP contribution in [-0.4, -0.2) is 0 Å². The van der Waals surface area contributed by atoms with Crippen molar-refractivity contribution in [2.75, 3.05) is 0 Å². The van der Waals surface area contributed by atoms with Gasteiger partial charge in [0.1, 0.15) is 0 Å². The number of fused-ring (bicyclic) bond motifs is 6. The summed E-state index contributed by atoms with van der Waals surface area (Å²) in [6.07, 6.45) is 0. The molecule has 0 nitrogen and oxygen atoms in total. The van der Waals surface area contributed by atoms with Gasteiger partial charge in [0, 0.05) is 0 Å². The van der Waals surface area contributed by atoms with E-state index < -0.39 is 0 Å². The molecular formula is C42H30. The summed E-state index contributed by atoms with van der Waals surface area (Å²) in [6, 6.07) is 41.6. The zero-order chi connectivity index (χ0) is 28.3. The third kappa shape index (κ3) is 2.97. The summed E-state index contributed by atoms with van der Waals surface area (Å²) < 4.78 is 0. The summed E-state index contributed by atoms with van der Waals surface area (Å²) in [5.41, 5.74) is 10.5. The second-order valence-corrected chi connectivity index (χ2v) is 12.3.